The number of carbonyl (C=O) groups excluding carboxylic acids is 1. The highest BCUT2D eigenvalue weighted by Gasteiger charge is 2.18. The van der Waals surface area contributed by atoms with Crippen LogP contribution in [0.15, 0.2) is 85.1 Å². The van der Waals surface area contributed by atoms with Crippen molar-refractivity contribution < 1.29 is 14.3 Å². The van der Waals surface area contributed by atoms with Crippen molar-refractivity contribution in [2.45, 2.75) is 13.1 Å². The first-order valence-electron chi connectivity index (χ1n) is 9.52. The molecule has 3 aromatic carbocycles. The number of nitrogens with zero attached hydrogens (tertiary/aromatic N) is 2. The third-order valence-electron chi connectivity index (χ3n) is 4.71. The van der Waals surface area contributed by atoms with Crippen LogP contribution >= 0.6 is 0 Å². The van der Waals surface area contributed by atoms with E-state index >= 15 is 0 Å². The van der Waals surface area contributed by atoms with Crippen LogP contribution in [0.1, 0.15) is 21.5 Å². The molecule has 0 aliphatic rings. The lowest BCUT2D eigenvalue weighted by atomic mass is 10.1. The van der Waals surface area contributed by atoms with Crippen LogP contribution < -0.4 is 5.32 Å². The number of aromatic nitrogens is 2. The monoisotopic (exact) mass is 401 g/mol. The zero-order chi connectivity index (χ0) is 20.9. The molecule has 4 rings (SSSR count). The van der Waals surface area contributed by atoms with Gasteiger partial charge in [-0.25, -0.2) is 4.39 Å². The van der Waals surface area contributed by atoms with Crippen LogP contribution in [-0.2, 0) is 13.1 Å². The van der Waals surface area contributed by atoms with Gasteiger partial charge in [0.05, 0.1) is 12.1 Å². The van der Waals surface area contributed by atoms with E-state index in [2.05, 4.69) is 10.4 Å². The number of aromatic hydroxyl groups is 1. The second-order valence-electron chi connectivity index (χ2n) is 6.91. The Bertz CT molecular complexity index is 1160. The summed E-state index contributed by atoms with van der Waals surface area (Å²) in [5, 5.41) is 16.8. The van der Waals surface area contributed by atoms with Crippen LogP contribution in [0.3, 0.4) is 0 Å². The van der Waals surface area contributed by atoms with Gasteiger partial charge in [-0.2, -0.15) is 5.10 Å². The van der Waals surface area contributed by atoms with Gasteiger partial charge in [0.1, 0.15) is 5.69 Å². The molecule has 0 aliphatic carbocycles. The summed E-state index contributed by atoms with van der Waals surface area (Å²) in [6.45, 7) is 0.672. The van der Waals surface area contributed by atoms with E-state index in [0.717, 1.165) is 11.1 Å². The molecule has 30 heavy (non-hydrogen) atoms. The minimum absolute atomic E-state index is 0.133. The Kier molecular flexibility index (Phi) is 5.57. The number of carbonyl (C=O) groups is 1. The maximum Gasteiger partial charge on any atom is 0.255 e. The van der Waals surface area contributed by atoms with Gasteiger partial charge in [0.25, 0.3) is 5.91 Å². The van der Waals surface area contributed by atoms with Crippen molar-refractivity contribution in [3.63, 3.8) is 0 Å². The van der Waals surface area contributed by atoms with Crippen LogP contribution in [-0.4, -0.2) is 20.8 Å². The fourth-order valence-electron chi connectivity index (χ4n) is 3.19. The normalized spacial score (nSPS) is 10.7. The lowest BCUT2D eigenvalue weighted by Gasteiger charge is -2.06. The third kappa shape index (κ3) is 4.38. The number of phenolic OH excluding ortho intramolecular Hbond substituents is 1. The number of benzene rings is 3. The van der Waals surface area contributed by atoms with Crippen molar-refractivity contribution in [3.8, 4) is 17.0 Å². The number of rotatable bonds is 6. The zero-order valence-corrected chi connectivity index (χ0v) is 16.1. The van der Waals surface area contributed by atoms with Gasteiger partial charge < -0.3 is 10.4 Å². The summed E-state index contributed by atoms with van der Waals surface area (Å²) < 4.78 is 15.3. The minimum atomic E-state index is -0.720. The summed E-state index contributed by atoms with van der Waals surface area (Å²) in [6, 6.07) is 23.4. The fourth-order valence-corrected chi connectivity index (χ4v) is 3.19. The number of amides is 1. The summed E-state index contributed by atoms with van der Waals surface area (Å²) >= 11 is 0. The van der Waals surface area contributed by atoms with Crippen molar-refractivity contribution >= 4 is 5.91 Å². The Hall–Kier alpha value is -3.93. The first-order valence-corrected chi connectivity index (χ1v) is 9.52. The van der Waals surface area contributed by atoms with Gasteiger partial charge in [-0.3, -0.25) is 9.48 Å². The van der Waals surface area contributed by atoms with Gasteiger partial charge >= 0.3 is 0 Å². The summed E-state index contributed by atoms with van der Waals surface area (Å²) in [7, 11) is 0. The van der Waals surface area contributed by atoms with Crippen LogP contribution in [0.4, 0.5) is 4.39 Å². The first kappa shape index (κ1) is 19.4. The lowest BCUT2D eigenvalue weighted by molar-refractivity contribution is 0.0951. The molecule has 150 valence electrons. The average molecular weight is 401 g/mol. The fraction of sp³-hybridized carbons (Fsp3) is 0.0833. The molecule has 0 fully saturated rings. The molecule has 0 aliphatic heterocycles. The number of hydrogen-bond acceptors (Lipinski definition) is 3. The van der Waals surface area contributed by atoms with Crippen LogP contribution in [0.5, 0.6) is 5.75 Å². The lowest BCUT2D eigenvalue weighted by Crippen LogP contribution is -2.23. The summed E-state index contributed by atoms with van der Waals surface area (Å²) in [6.07, 6.45) is 1.72. The van der Waals surface area contributed by atoms with Crippen LogP contribution in [0.2, 0.25) is 0 Å². The van der Waals surface area contributed by atoms with Gasteiger partial charge in [-0.1, -0.05) is 66.7 Å². The zero-order valence-electron chi connectivity index (χ0n) is 16.1. The molecule has 0 radical (unpaired) electrons. The predicted octanol–water partition coefficient (Wildman–Crippen LogP) is 4.37. The van der Waals surface area contributed by atoms with Crippen LogP contribution in [0, 0.1) is 5.82 Å². The molecule has 0 saturated heterocycles. The Balaban J connectivity index is 1.59. The molecular weight excluding hydrogens is 381 g/mol. The molecule has 1 aromatic heterocycles. The third-order valence-corrected chi connectivity index (χ3v) is 4.71. The molecule has 2 N–H and O–H groups in total. The molecule has 0 saturated carbocycles. The van der Waals surface area contributed by atoms with E-state index in [1.807, 2.05) is 60.7 Å². The summed E-state index contributed by atoms with van der Waals surface area (Å²) in [5.41, 5.74) is 3.49. The van der Waals surface area contributed by atoms with E-state index in [4.69, 9.17) is 0 Å². The molecule has 0 unspecified atom stereocenters. The number of hydrogen-bond donors (Lipinski definition) is 2. The maximum absolute atomic E-state index is 13.5. The highest BCUT2D eigenvalue weighted by molar-refractivity contribution is 5.99. The second-order valence-corrected chi connectivity index (χ2v) is 6.91. The molecule has 0 bridgehead atoms. The molecule has 1 amide bonds. The van der Waals surface area contributed by atoms with E-state index in [9.17, 15) is 14.3 Å². The SMILES string of the molecule is O=C(NCc1ccc(O)c(F)c1)c1cn(Cc2ccccc2)nc1-c1ccccc1. The molecular formula is C24H20FN3O2. The Morgan fingerprint density at radius 3 is 2.37 bits per heavy atom. The molecule has 5 nitrogen and oxygen atoms in total. The van der Waals surface area contributed by atoms with Crippen molar-refractivity contribution in [2.75, 3.05) is 0 Å². The van der Waals surface area contributed by atoms with Crippen molar-refractivity contribution in [1.29, 1.82) is 0 Å². The molecule has 4 aromatic rings. The van der Waals surface area contributed by atoms with Gasteiger partial charge in [0.15, 0.2) is 11.6 Å². The van der Waals surface area contributed by atoms with Gasteiger partial charge in [-0.15, -0.1) is 0 Å². The van der Waals surface area contributed by atoms with E-state index in [1.54, 1.807) is 16.9 Å². The van der Waals surface area contributed by atoms with Crippen LogP contribution in [0.25, 0.3) is 11.3 Å². The number of phenols is 1. The number of nitrogens with one attached hydrogen (secondary N) is 1. The smallest absolute Gasteiger partial charge is 0.255 e. The minimum Gasteiger partial charge on any atom is -0.505 e. The van der Waals surface area contributed by atoms with E-state index < -0.39 is 11.6 Å². The first-order chi connectivity index (χ1) is 14.6. The van der Waals surface area contributed by atoms with E-state index in [1.165, 1.54) is 12.1 Å². The summed E-state index contributed by atoms with van der Waals surface area (Å²) in [4.78, 5) is 12.9. The number of halogens is 1. The highest BCUT2D eigenvalue weighted by Crippen LogP contribution is 2.23. The summed E-state index contributed by atoms with van der Waals surface area (Å²) in [5.74, 6) is -1.44. The standard InChI is InChI=1S/C24H20FN3O2/c25-21-13-18(11-12-22(21)29)14-26-24(30)20-16-28(15-17-7-3-1-4-8-17)27-23(20)19-9-5-2-6-10-19/h1-13,16,29H,14-15H2,(H,26,30). The van der Waals surface area contributed by atoms with Crippen molar-refractivity contribution in [1.82, 2.24) is 15.1 Å². The molecule has 0 spiro atoms. The molecule has 6 heteroatoms. The van der Waals surface area contributed by atoms with Crippen molar-refractivity contribution in [2.24, 2.45) is 0 Å². The van der Waals surface area contributed by atoms with Gasteiger partial charge in [0.2, 0.25) is 0 Å². The molecule has 1 heterocycles. The highest BCUT2D eigenvalue weighted by atomic mass is 19.1. The Morgan fingerprint density at radius 1 is 0.967 bits per heavy atom. The van der Waals surface area contributed by atoms with E-state index in [0.29, 0.717) is 23.4 Å². The van der Waals surface area contributed by atoms with Gasteiger partial charge in [-0.05, 0) is 23.3 Å². The van der Waals surface area contributed by atoms with Gasteiger partial charge in [0, 0.05) is 18.3 Å². The topological polar surface area (TPSA) is 67.2 Å². The largest absolute Gasteiger partial charge is 0.505 e. The van der Waals surface area contributed by atoms with E-state index in [-0.39, 0.29) is 12.5 Å². The quantitative estimate of drug-likeness (QED) is 0.504. The second kappa shape index (κ2) is 8.61. The Labute approximate surface area is 173 Å². The average Bonchev–Trinajstić information content (AvgIpc) is 3.19. The molecule has 0 atom stereocenters. The predicted molar refractivity (Wildman–Crippen MR) is 112 cm³/mol. The maximum atomic E-state index is 13.5. The van der Waals surface area contributed by atoms with Crippen molar-refractivity contribution in [3.05, 3.63) is 108 Å². The Morgan fingerprint density at radius 2 is 1.67 bits per heavy atom.